The molecule has 2 rings (SSSR count). The molecule has 106 valence electrons. The highest BCUT2D eigenvalue weighted by Gasteiger charge is 2.35. The third kappa shape index (κ3) is 3.06. The van der Waals surface area contributed by atoms with Crippen LogP contribution in [0.5, 0.6) is 0 Å². The number of nitrogens with one attached hydrogen (secondary N) is 1. The van der Waals surface area contributed by atoms with Gasteiger partial charge >= 0.3 is 0 Å². The van der Waals surface area contributed by atoms with E-state index >= 15 is 0 Å². The first-order valence-electron chi connectivity index (χ1n) is 7.53. The van der Waals surface area contributed by atoms with E-state index in [4.69, 9.17) is 0 Å². The van der Waals surface area contributed by atoms with Crippen LogP contribution >= 0.6 is 0 Å². The van der Waals surface area contributed by atoms with Crippen LogP contribution in [0.15, 0.2) is 0 Å². The summed E-state index contributed by atoms with van der Waals surface area (Å²) in [5.74, 6) is 0. The molecular formula is C15H31N3. The van der Waals surface area contributed by atoms with Crippen molar-refractivity contribution in [1.29, 1.82) is 0 Å². The molecule has 2 aliphatic rings. The first kappa shape index (κ1) is 14.3. The van der Waals surface area contributed by atoms with E-state index in [0.29, 0.717) is 11.5 Å². The molecule has 2 fully saturated rings. The van der Waals surface area contributed by atoms with Crippen molar-refractivity contribution in [2.45, 2.75) is 58.2 Å². The van der Waals surface area contributed by atoms with Gasteiger partial charge in [0.05, 0.1) is 0 Å². The predicted molar refractivity (Wildman–Crippen MR) is 77.9 cm³/mol. The molecule has 0 aliphatic carbocycles. The molecule has 1 N–H and O–H groups in total. The molecule has 2 aliphatic heterocycles. The zero-order valence-corrected chi connectivity index (χ0v) is 12.9. The largest absolute Gasteiger partial charge is 0.315 e. The van der Waals surface area contributed by atoms with Gasteiger partial charge in [0, 0.05) is 31.2 Å². The van der Waals surface area contributed by atoms with Crippen molar-refractivity contribution in [1.82, 2.24) is 15.1 Å². The molecule has 3 heteroatoms. The molecular weight excluding hydrogens is 222 g/mol. The Morgan fingerprint density at radius 1 is 1.17 bits per heavy atom. The zero-order valence-electron chi connectivity index (χ0n) is 12.9. The van der Waals surface area contributed by atoms with Gasteiger partial charge in [0.2, 0.25) is 0 Å². The summed E-state index contributed by atoms with van der Waals surface area (Å²) in [5.41, 5.74) is 0.339. The van der Waals surface area contributed by atoms with E-state index in [9.17, 15) is 0 Å². The van der Waals surface area contributed by atoms with E-state index in [1.165, 1.54) is 38.9 Å². The van der Waals surface area contributed by atoms with Gasteiger partial charge in [0.15, 0.2) is 0 Å². The summed E-state index contributed by atoms with van der Waals surface area (Å²) in [6.45, 7) is 10.7. The lowest BCUT2D eigenvalue weighted by molar-refractivity contribution is 0.164. The van der Waals surface area contributed by atoms with E-state index in [-0.39, 0.29) is 0 Å². The molecule has 3 unspecified atom stereocenters. The van der Waals surface area contributed by atoms with Crippen molar-refractivity contribution in [3.05, 3.63) is 0 Å². The highest BCUT2D eigenvalue weighted by Crippen LogP contribution is 2.29. The quantitative estimate of drug-likeness (QED) is 0.827. The molecule has 0 radical (unpaired) electrons. The lowest BCUT2D eigenvalue weighted by Crippen LogP contribution is -2.49. The summed E-state index contributed by atoms with van der Waals surface area (Å²) in [7, 11) is 4.43. The molecule has 2 heterocycles. The van der Waals surface area contributed by atoms with Gasteiger partial charge in [-0.1, -0.05) is 20.8 Å². The fraction of sp³-hybridized carbons (Fsp3) is 1.00. The van der Waals surface area contributed by atoms with Gasteiger partial charge in [0.1, 0.15) is 0 Å². The molecule has 0 spiro atoms. The van der Waals surface area contributed by atoms with E-state index < -0.39 is 0 Å². The van der Waals surface area contributed by atoms with Crippen LogP contribution in [0.3, 0.4) is 0 Å². The molecule has 2 saturated heterocycles. The Labute approximate surface area is 113 Å². The molecule has 0 aromatic rings. The molecule has 3 nitrogen and oxygen atoms in total. The van der Waals surface area contributed by atoms with Crippen molar-refractivity contribution in [2.24, 2.45) is 5.41 Å². The molecule has 0 amide bonds. The van der Waals surface area contributed by atoms with E-state index in [2.05, 4.69) is 50.0 Å². The number of likely N-dealkylation sites (tertiary alicyclic amines) is 1. The lowest BCUT2D eigenvalue weighted by Gasteiger charge is -2.36. The van der Waals surface area contributed by atoms with E-state index in [1.807, 2.05) is 0 Å². The second kappa shape index (κ2) is 5.48. The highest BCUT2D eigenvalue weighted by molar-refractivity contribution is 4.93. The minimum absolute atomic E-state index is 0.339. The number of nitrogens with zero attached hydrogens (tertiary/aromatic N) is 2. The molecule has 0 aromatic heterocycles. The Morgan fingerprint density at radius 3 is 2.44 bits per heavy atom. The van der Waals surface area contributed by atoms with Crippen LogP contribution in [0.4, 0.5) is 0 Å². The van der Waals surface area contributed by atoms with Crippen LogP contribution in [0.1, 0.15) is 40.0 Å². The number of rotatable bonds is 3. The lowest BCUT2D eigenvalue weighted by atomic mass is 9.86. The van der Waals surface area contributed by atoms with Crippen molar-refractivity contribution >= 4 is 0 Å². The minimum atomic E-state index is 0.339. The average molecular weight is 253 g/mol. The van der Waals surface area contributed by atoms with Gasteiger partial charge in [-0.3, -0.25) is 4.90 Å². The third-order valence-electron chi connectivity index (χ3n) is 5.07. The summed E-state index contributed by atoms with van der Waals surface area (Å²) < 4.78 is 0. The molecule has 0 aromatic carbocycles. The fourth-order valence-corrected chi connectivity index (χ4v) is 3.60. The van der Waals surface area contributed by atoms with Crippen molar-refractivity contribution < 1.29 is 0 Å². The van der Waals surface area contributed by atoms with Crippen molar-refractivity contribution in [2.75, 3.05) is 33.7 Å². The molecule has 18 heavy (non-hydrogen) atoms. The van der Waals surface area contributed by atoms with Crippen molar-refractivity contribution in [3.63, 3.8) is 0 Å². The first-order chi connectivity index (χ1) is 8.41. The predicted octanol–water partition coefficient (Wildman–Crippen LogP) is 1.79. The first-order valence-corrected chi connectivity index (χ1v) is 7.53. The Kier molecular flexibility index (Phi) is 4.35. The van der Waals surface area contributed by atoms with Gasteiger partial charge < -0.3 is 10.2 Å². The third-order valence-corrected chi connectivity index (χ3v) is 5.07. The van der Waals surface area contributed by atoms with Crippen LogP contribution in [0, 0.1) is 5.41 Å². The van der Waals surface area contributed by atoms with E-state index in [0.717, 1.165) is 12.1 Å². The van der Waals surface area contributed by atoms with Crippen LogP contribution < -0.4 is 5.32 Å². The van der Waals surface area contributed by atoms with Gasteiger partial charge in [-0.05, 0) is 45.3 Å². The summed E-state index contributed by atoms with van der Waals surface area (Å²) in [6.07, 6.45) is 4.18. The van der Waals surface area contributed by atoms with Gasteiger partial charge in [-0.15, -0.1) is 0 Å². The van der Waals surface area contributed by atoms with Gasteiger partial charge in [-0.2, -0.15) is 0 Å². The summed E-state index contributed by atoms with van der Waals surface area (Å²) in [5, 5.41) is 3.51. The Hall–Kier alpha value is -0.120. The number of hydrogen-bond donors (Lipinski definition) is 1. The maximum absolute atomic E-state index is 3.51. The molecule has 3 atom stereocenters. The second-order valence-electron chi connectivity index (χ2n) is 7.31. The van der Waals surface area contributed by atoms with Gasteiger partial charge in [0.25, 0.3) is 0 Å². The summed E-state index contributed by atoms with van der Waals surface area (Å²) >= 11 is 0. The smallest absolute Gasteiger partial charge is 0.0240 e. The summed E-state index contributed by atoms with van der Waals surface area (Å²) in [4.78, 5) is 5.32. The number of hydrogen-bond acceptors (Lipinski definition) is 3. The fourth-order valence-electron chi connectivity index (χ4n) is 3.60. The number of likely N-dealkylation sites (N-methyl/N-ethyl adjacent to an activating group) is 2. The molecule has 0 saturated carbocycles. The zero-order chi connectivity index (χ0) is 13.3. The minimum Gasteiger partial charge on any atom is -0.315 e. The molecule has 2 bridgehead atoms. The maximum atomic E-state index is 3.51. The average Bonchev–Trinajstić information content (AvgIpc) is 2.50. The van der Waals surface area contributed by atoms with Crippen molar-refractivity contribution in [3.8, 4) is 0 Å². The van der Waals surface area contributed by atoms with Gasteiger partial charge in [-0.25, -0.2) is 0 Å². The Balaban J connectivity index is 1.94. The topological polar surface area (TPSA) is 18.5 Å². The second-order valence-corrected chi connectivity index (χ2v) is 7.31. The Bertz CT molecular complexity index is 271. The standard InChI is InChI=1S/C15H31N3/c1-15(2,3)14(16-4)11-18-9-8-12-6-7-13(10-18)17(12)5/h12-14,16H,6-11H2,1-5H3. The highest BCUT2D eigenvalue weighted by atomic mass is 15.3. The monoisotopic (exact) mass is 253 g/mol. The SMILES string of the molecule is CNC(CN1CCC2CCC(C1)N2C)C(C)(C)C. The van der Waals surface area contributed by atoms with Crippen LogP contribution in [0.25, 0.3) is 0 Å². The Morgan fingerprint density at radius 2 is 1.83 bits per heavy atom. The normalized spacial score (nSPS) is 32.5. The van der Waals surface area contributed by atoms with E-state index in [1.54, 1.807) is 0 Å². The van der Waals surface area contributed by atoms with Crippen LogP contribution in [0.2, 0.25) is 0 Å². The maximum Gasteiger partial charge on any atom is 0.0240 e. The van der Waals surface area contributed by atoms with Crippen LogP contribution in [-0.4, -0.2) is 61.7 Å². The number of fused-ring (bicyclic) bond motifs is 2. The van der Waals surface area contributed by atoms with Crippen LogP contribution in [-0.2, 0) is 0 Å². The summed E-state index contributed by atoms with van der Waals surface area (Å²) in [6, 6.07) is 2.23.